The molecular weight excluding hydrogens is 298 g/mol. The number of amides is 1. The van der Waals surface area contributed by atoms with Crippen molar-refractivity contribution in [2.24, 2.45) is 0 Å². The van der Waals surface area contributed by atoms with E-state index in [4.69, 9.17) is 16.3 Å². The molecule has 7 nitrogen and oxygen atoms in total. The summed E-state index contributed by atoms with van der Waals surface area (Å²) in [6.07, 6.45) is 1.06. The molecular formula is C13H10ClN3O4. The maximum absolute atomic E-state index is 11.7. The van der Waals surface area contributed by atoms with E-state index in [1.807, 2.05) is 0 Å². The van der Waals surface area contributed by atoms with Crippen molar-refractivity contribution in [3.8, 4) is 5.75 Å². The van der Waals surface area contributed by atoms with Gasteiger partial charge in [0, 0.05) is 6.07 Å². The summed E-state index contributed by atoms with van der Waals surface area (Å²) < 4.78 is 5.25. The molecule has 0 aliphatic heterocycles. The Balaban J connectivity index is 1.90. The number of aromatic nitrogens is 1. The zero-order valence-electron chi connectivity index (χ0n) is 10.7. The maximum atomic E-state index is 11.7. The second-order valence-electron chi connectivity index (χ2n) is 3.93. The van der Waals surface area contributed by atoms with Gasteiger partial charge >= 0.3 is 0 Å². The Morgan fingerprint density at radius 2 is 2.10 bits per heavy atom. The third-order valence-corrected chi connectivity index (χ3v) is 2.73. The fourth-order valence-electron chi connectivity index (χ4n) is 1.45. The molecule has 2 rings (SSSR count). The van der Waals surface area contributed by atoms with Crippen LogP contribution in [0, 0.1) is 10.1 Å². The highest BCUT2D eigenvalue weighted by Crippen LogP contribution is 2.22. The number of benzene rings is 1. The number of carbonyl (C=O) groups is 1. The Labute approximate surface area is 124 Å². The van der Waals surface area contributed by atoms with Crippen LogP contribution >= 0.6 is 11.6 Å². The molecule has 0 aliphatic rings. The molecule has 1 aromatic carbocycles. The van der Waals surface area contributed by atoms with Crippen molar-refractivity contribution in [2.45, 2.75) is 0 Å². The first kappa shape index (κ1) is 14.7. The van der Waals surface area contributed by atoms with Crippen LogP contribution in [0.1, 0.15) is 0 Å². The number of nitro groups is 1. The first-order chi connectivity index (χ1) is 10.1. The molecule has 0 atom stereocenters. The first-order valence-electron chi connectivity index (χ1n) is 5.84. The predicted octanol–water partition coefficient (Wildman–Crippen LogP) is 2.66. The number of pyridine rings is 1. The number of nitrogens with one attached hydrogen (secondary N) is 1. The van der Waals surface area contributed by atoms with Crippen LogP contribution in [0.15, 0.2) is 42.6 Å². The van der Waals surface area contributed by atoms with Crippen molar-refractivity contribution >= 4 is 29.0 Å². The van der Waals surface area contributed by atoms with Gasteiger partial charge in [0.15, 0.2) is 6.61 Å². The van der Waals surface area contributed by atoms with Gasteiger partial charge in [-0.3, -0.25) is 14.9 Å². The number of ether oxygens (including phenoxy) is 1. The molecule has 0 saturated carbocycles. The molecule has 0 spiro atoms. The Hall–Kier alpha value is -2.67. The van der Waals surface area contributed by atoms with Crippen molar-refractivity contribution in [2.75, 3.05) is 11.9 Å². The fourth-order valence-corrected chi connectivity index (χ4v) is 1.64. The standard InChI is InChI=1S/C13H10ClN3O4/c14-10-3-1-2-4-11(10)21-8-13(18)16-12-6-5-9(7-15-12)17(19)20/h1-7H,8H2,(H,15,16,18). The van der Waals surface area contributed by atoms with Crippen LogP contribution in [0.3, 0.4) is 0 Å². The largest absolute Gasteiger partial charge is 0.482 e. The highest BCUT2D eigenvalue weighted by Gasteiger charge is 2.09. The zero-order valence-corrected chi connectivity index (χ0v) is 11.4. The summed E-state index contributed by atoms with van der Waals surface area (Å²) in [5, 5.41) is 13.3. The Kier molecular flexibility index (Phi) is 4.68. The number of hydrogen-bond donors (Lipinski definition) is 1. The summed E-state index contributed by atoms with van der Waals surface area (Å²) in [6, 6.07) is 9.35. The van der Waals surface area contributed by atoms with Crippen molar-refractivity contribution in [3.63, 3.8) is 0 Å². The van der Waals surface area contributed by atoms with Crippen LogP contribution in [0.4, 0.5) is 11.5 Å². The van der Waals surface area contributed by atoms with Gasteiger partial charge in [-0.05, 0) is 18.2 Å². The van der Waals surface area contributed by atoms with Gasteiger partial charge in [-0.1, -0.05) is 23.7 Å². The van der Waals surface area contributed by atoms with E-state index in [0.29, 0.717) is 10.8 Å². The predicted molar refractivity (Wildman–Crippen MR) is 76.5 cm³/mol. The Morgan fingerprint density at radius 1 is 1.33 bits per heavy atom. The number of para-hydroxylation sites is 1. The van der Waals surface area contributed by atoms with Gasteiger partial charge in [0.1, 0.15) is 17.8 Å². The molecule has 2 aromatic rings. The minimum Gasteiger partial charge on any atom is -0.482 e. The number of carbonyl (C=O) groups excluding carboxylic acids is 1. The number of halogens is 1. The zero-order chi connectivity index (χ0) is 15.2. The molecule has 0 saturated heterocycles. The summed E-state index contributed by atoms with van der Waals surface area (Å²) in [5.41, 5.74) is -0.152. The van der Waals surface area contributed by atoms with Crippen LogP contribution in [0.2, 0.25) is 5.02 Å². The molecule has 0 bridgehead atoms. The summed E-state index contributed by atoms with van der Waals surface area (Å²) in [7, 11) is 0. The molecule has 8 heteroatoms. The summed E-state index contributed by atoms with van der Waals surface area (Å²) in [5.74, 6) is 0.149. The lowest BCUT2D eigenvalue weighted by atomic mass is 10.3. The SMILES string of the molecule is O=C(COc1ccccc1Cl)Nc1ccc([N+](=O)[O-])cn1. The number of rotatable bonds is 5. The molecule has 0 aliphatic carbocycles. The lowest BCUT2D eigenvalue weighted by Gasteiger charge is -2.07. The minimum absolute atomic E-state index is 0.152. The molecule has 1 heterocycles. The number of nitrogens with zero attached hydrogens (tertiary/aromatic N) is 2. The number of anilines is 1. The van der Waals surface area contributed by atoms with E-state index in [-0.39, 0.29) is 18.1 Å². The lowest BCUT2D eigenvalue weighted by Crippen LogP contribution is -2.20. The van der Waals surface area contributed by atoms with Crippen molar-refractivity contribution < 1.29 is 14.5 Å². The monoisotopic (exact) mass is 307 g/mol. The van der Waals surface area contributed by atoms with E-state index in [0.717, 1.165) is 6.20 Å². The van der Waals surface area contributed by atoms with Crippen LogP contribution < -0.4 is 10.1 Å². The molecule has 21 heavy (non-hydrogen) atoms. The Morgan fingerprint density at radius 3 is 2.71 bits per heavy atom. The van der Waals surface area contributed by atoms with Gasteiger partial charge in [0.25, 0.3) is 11.6 Å². The van der Waals surface area contributed by atoms with Crippen LogP contribution in [0.25, 0.3) is 0 Å². The quantitative estimate of drug-likeness (QED) is 0.677. The first-order valence-corrected chi connectivity index (χ1v) is 6.21. The van der Waals surface area contributed by atoms with Crippen LogP contribution in [-0.2, 0) is 4.79 Å². The van der Waals surface area contributed by atoms with Gasteiger partial charge in [-0.2, -0.15) is 0 Å². The lowest BCUT2D eigenvalue weighted by molar-refractivity contribution is -0.385. The van der Waals surface area contributed by atoms with Crippen LogP contribution in [-0.4, -0.2) is 22.4 Å². The smallest absolute Gasteiger partial charge is 0.287 e. The highest BCUT2D eigenvalue weighted by molar-refractivity contribution is 6.32. The molecule has 1 N–H and O–H groups in total. The molecule has 0 unspecified atom stereocenters. The van der Waals surface area contributed by atoms with Gasteiger partial charge in [-0.25, -0.2) is 4.98 Å². The summed E-state index contributed by atoms with van der Waals surface area (Å²) in [6.45, 7) is -0.248. The molecule has 108 valence electrons. The average molecular weight is 308 g/mol. The van der Waals surface area contributed by atoms with E-state index in [1.54, 1.807) is 24.3 Å². The summed E-state index contributed by atoms with van der Waals surface area (Å²) in [4.78, 5) is 25.3. The van der Waals surface area contributed by atoms with Crippen molar-refractivity contribution in [1.82, 2.24) is 4.98 Å². The van der Waals surface area contributed by atoms with Crippen molar-refractivity contribution in [3.05, 3.63) is 57.7 Å². The highest BCUT2D eigenvalue weighted by atomic mass is 35.5. The van der Waals surface area contributed by atoms with E-state index in [2.05, 4.69) is 10.3 Å². The third kappa shape index (κ3) is 4.15. The van der Waals surface area contributed by atoms with E-state index < -0.39 is 10.8 Å². The van der Waals surface area contributed by atoms with E-state index in [1.165, 1.54) is 12.1 Å². The van der Waals surface area contributed by atoms with E-state index >= 15 is 0 Å². The van der Waals surface area contributed by atoms with Gasteiger partial charge in [0.05, 0.1) is 9.95 Å². The molecule has 0 radical (unpaired) electrons. The van der Waals surface area contributed by atoms with Gasteiger partial charge in [0.2, 0.25) is 0 Å². The Bertz CT molecular complexity index is 661. The van der Waals surface area contributed by atoms with Gasteiger partial charge < -0.3 is 10.1 Å². The minimum atomic E-state index is -0.570. The maximum Gasteiger partial charge on any atom is 0.287 e. The third-order valence-electron chi connectivity index (χ3n) is 2.42. The van der Waals surface area contributed by atoms with Gasteiger partial charge in [-0.15, -0.1) is 0 Å². The second kappa shape index (κ2) is 6.67. The molecule has 1 aromatic heterocycles. The van der Waals surface area contributed by atoms with Crippen LogP contribution in [0.5, 0.6) is 5.75 Å². The van der Waals surface area contributed by atoms with Crippen molar-refractivity contribution in [1.29, 1.82) is 0 Å². The number of hydrogen-bond acceptors (Lipinski definition) is 5. The fraction of sp³-hybridized carbons (Fsp3) is 0.0769. The van der Waals surface area contributed by atoms with E-state index in [9.17, 15) is 14.9 Å². The molecule has 0 fully saturated rings. The average Bonchev–Trinajstić information content (AvgIpc) is 2.47. The topological polar surface area (TPSA) is 94.4 Å². The normalized spacial score (nSPS) is 9.95. The second-order valence-corrected chi connectivity index (χ2v) is 4.33. The molecule has 1 amide bonds. The summed E-state index contributed by atoms with van der Waals surface area (Å²) >= 11 is 5.88.